The monoisotopic (exact) mass is 275 g/mol. The highest BCUT2D eigenvalue weighted by atomic mass is 32.1. The fourth-order valence-electron chi connectivity index (χ4n) is 1.72. The molecule has 0 bridgehead atoms. The Morgan fingerprint density at radius 1 is 1.32 bits per heavy atom. The standard InChI is InChI=1S/C14H17N3OS/c1-15-14-17-12(10-19-14)9-13(18)16-8-7-11-5-3-2-4-6-11/h2-6,10H,7-9H2,1H3,(H,15,17)(H,16,18). The summed E-state index contributed by atoms with van der Waals surface area (Å²) in [5.41, 5.74) is 2.04. The normalized spacial score (nSPS) is 10.2. The molecule has 4 nitrogen and oxygen atoms in total. The molecule has 0 aliphatic carbocycles. The molecule has 2 aromatic rings. The van der Waals surface area contributed by atoms with Crippen LogP contribution in [0.3, 0.4) is 0 Å². The van der Waals surface area contributed by atoms with Crippen molar-refractivity contribution < 1.29 is 4.79 Å². The van der Waals surface area contributed by atoms with Gasteiger partial charge < -0.3 is 10.6 Å². The lowest BCUT2D eigenvalue weighted by atomic mass is 10.1. The molecule has 5 heteroatoms. The quantitative estimate of drug-likeness (QED) is 0.848. The van der Waals surface area contributed by atoms with E-state index in [1.807, 2.05) is 30.6 Å². The molecule has 0 saturated heterocycles. The maximum Gasteiger partial charge on any atom is 0.226 e. The van der Waals surface area contributed by atoms with Crippen molar-refractivity contribution in [2.45, 2.75) is 12.8 Å². The molecule has 0 aliphatic heterocycles. The third kappa shape index (κ3) is 4.37. The Bertz CT molecular complexity index is 524. The molecule has 1 heterocycles. The molecule has 100 valence electrons. The summed E-state index contributed by atoms with van der Waals surface area (Å²) in [5, 5.41) is 8.62. The van der Waals surface area contributed by atoms with Gasteiger partial charge in [-0.2, -0.15) is 0 Å². The Hall–Kier alpha value is -1.88. The molecule has 0 unspecified atom stereocenters. The molecule has 0 radical (unpaired) electrons. The molecule has 0 aliphatic rings. The molecule has 1 amide bonds. The van der Waals surface area contributed by atoms with Gasteiger partial charge in [0.2, 0.25) is 5.91 Å². The van der Waals surface area contributed by atoms with Crippen molar-refractivity contribution in [1.29, 1.82) is 0 Å². The average molecular weight is 275 g/mol. The molecule has 0 atom stereocenters. The van der Waals surface area contributed by atoms with Gasteiger partial charge in [-0.1, -0.05) is 30.3 Å². The van der Waals surface area contributed by atoms with E-state index in [-0.39, 0.29) is 5.91 Å². The number of carbonyl (C=O) groups excluding carboxylic acids is 1. The number of hydrogen-bond acceptors (Lipinski definition) is 4. The number of anilines is 1. The molecule has 19 heavy (non-hydrogen) atoms. The lowest BCUT2D eigenvalue weighted by Gasteiger charge is -2.04. The zero-order valence-corrected chi connectivity index (χ0v) is 11.7. The van der Waals surface area contributed by atoms with Crippen LogP contribution in [0, 0.1) is 0 Å². The van der Waals surface area contributed by atoms with E-state index in [1.165, 1.54) is 16.9 Å². The van der Waals surface area contributed by atoms with Gasteiger partial charge in [0.15, 0.2) is 5.13 Å². The minimum absolute atomic E-state index is 0.0175. The van der Waals surface area contributed by atoms with Crippen molar-refractivity contribution in [3.8, 4) is 0 Å². The largest absolute Gasteiger partial charge is 0.365 e. The zero-order chi connectivity index (χ0) is 13.5. The Labute approximate surface area is 116 Å². The number of hydrogen-bond donors (Lipinski definition) is 2. The highest BCUT2D eigenvalue weighted by Crippen LogP contribution is 2.14. The number of nitrogens with zero attached hydrogens (tertiary/aromatic N) is 1. The predicted octanol–water partition coefficient (Wildman–Crippen LogP) is 2.09. The van der Waals surface area contributed by atoms with Crippen LogP contribution in [0.1, 0.15) is 11.3 Å². The van der Waals surface area contributed by atoms with Crippen molar-refractivity contribution in [2.24, 2.45) is 0 Å². The van der Waals surface area contributed by atoms with Crippen molar-refractivity contribution in [2.75, 3.05) is 18.9 Å². The van der Waals surface area contributed by atoms with E-state index in [2.05, 4.69) is 27.8 Å². The number of amides is 1. The van der Waals surface area contributed by atoms with Gasteiger partial charge in [-0.3, -0.25) is 4.79 Å². The van der Waals surface area contributed by atoms with E-state index in [4.69, 9.17) is 0 Å². The topological polar surface area (TPSA) is 54.0 Å². The van der Waals surface area contributed by atoms with Gasteiger partial charge in [0.1, 0.15) is 0 Å². The highest BCUT2D eigenvalue weighted by molar-refractivity contribution is 7.13. The van der Waals surface area contributed by atoms with Crippen LogP contribution in [-0.2, 0) is 17.6 Å². The molecule has 1 aromatic heterocycles. The van der Waals surface area contributed by atoms with Crippen LogP contribution < -0.4 is 10.6 Å². The van der Waals surface area contributed by atoms with Gasteiger partial charge in [-0.15, -0.1) is 11.3 Å². The summed E-state index contributed by atoms with van der Waals surface area (Å²) in [6.07, 6.45) is 1.19. The van der Waals surface area contributed by atoms with Gasteiger partial charge in [0.25, 0.3) is 0 Å². The summed E-state index contributed by atoms with van der Waals surface area (Å²) in [6, 6.07) is 10.1. The number of thiazole rings is 1. The van der Waals surface area contributed by atoms with E-state index < -0.39 is 0 Å². The van der Waals surface area contributed by atoms with E-state index in [9.17, 15) is 4.79 Å². The van der Waals surface area contributed by atoms with Gasteiger partial charge in [-0.25, -0.2) is 4.98 Å². The van der Waals surface area contributed by atoms with Crippen LogP contribution >= 0.6 is 11.3 Å². The number of carbonyl (C=O) groups is 1. The van der Waals surface area contributed by atoms with Crippen LogP contribution in [0.2, 0.25) is 0 Å². The molecular weight excluding hydrogens is 258 g/mol. The second-order valence-electron chi connectivity index (χ2n) is 4.16. The van der Waals surface area contributed by atoms with Crippen molar-refractivity contribution >= 4 is 22.4 Å². The SMILES string of the molecule is CNc1nc(CC(=O)NCCc2ccccc2)cs1. The third-order valence-electron chi connectivity index (χ3n) is 2.69. The average Bonchev–Trinajstić information content (AvgIpc) is 2.87. The van der Waals surface area contributed by atoms with E-state index in [0.29, 0.717) is 13.0 Å². The summed E-state index contributed by atoms with van der Waals surface area (Å²) < 4.78 is 0. The van der Waals surface area contributed by atoms with Crippen LogP contribution in [0.4, 0.5) is 5.13 Å². The number of benzene rings is 1. The minimum Gasteiger partial charge on any atom is -0.365 e. The lowest BCUT2D eigenvalue weighted by Crippen LogP contribution is -2.27. The second kappa shape index (κ2) is 6.89. The highest BCUT2D eigenvalue weighted by Gasteiger charge is 2.06. The second-order valence-corrected chi connectivity index (χ2v) is 5.01. The van der Waals surface area contributed by atoms with E-state index >= 15 is 0 Å². The minimum atomic E-state index is 0.0175. The summed E-state index contributed by atoms with van der Waals surface area (Å²) >= 11 is 1.51. The third-order valence-corrected chi connectivity index (χ3v) is 3.59. The summed E-state index contributed by atoms with van der Waals surface area (Å²) in [7, 11) is 1.82. The van der Waals surface area contributed by atoms with Gasteiger partial charge in [-0.05, 0) is 12.0 Å². The number of aromatic nitrogens is 1. The lowest BCUT2D eigenvalue weighted by molar-refractivity contribution is -0.120. The molecule has 0 saturated carbocycles. The van der Waals surface area contributed by atoms with Crippen LogP contribution in [0.15, 0.2) is 35.7 Å². The molecule has 0 spiro atoms. The number of rotatable bonds is 6. The molecular formula is C14H17N3OS. The molecule has 0 fully saturated rings. The summed E-state index contributed by atoms with van der Waals surface area (Å²) in [4.78, 5) is 16.0. The predicted molar refractivity (Wildman–Crippen MR) is 78.5 cm³/mol. The zero-order valence-electron chi connectivity index (χ0n) is 10.8. The summed E-state index contributed by atoms with van der Waals surface area (Å²) in [5.74, 6) is 0.0175. The van der Waals surface area contributed by atoms with E-state index in [1.54, 1.807) is 0 Å². The number of nitrogens with one attached hydrogen (secondary N) is 2. The molecule has 2 rings (SSSR count). The van der Waals surface area contributed by atoms with Crippen molar-refractivity contribution in [3.05, 3.63) is 47.0 Å². The van der Waals surface area contributed by atoms with Crippen LogP contribution in [-0.4, -0.2) is 24.5 Å². The van der Waals surface area contributed by atoms with Crippen LogP contribution in [0.5, 0.6) is 0 Å². The molecule has 1 aromatic carbocycles. The summed E-state index contributed by atoms with van der Waals surface area (Å²) in [6.45, 7) is 0.659. The Morgan fingerprint density at radius 3 is 2.79 bits per heavy atom. The first-order valence-corrected chi connectivity index (χ1v) is 7.08. The fourth-order valence-corrected chi connectivity index (χ4v) is 2.39. The van der Waals surface area contributed by atoms with Gasteiger partial charge in [0, 0.05) is 19.0 Å². The first-order chi connectivity index (χ1) is 9.28. The maximum atomic E-state index is 11.7. The molecule has 2 N–H and O–H groups in total. The first kappa shape index (κ1) is 13.5. The van der Waals surface area contributed by atoms with E-state index in [0.717, 1.165) is 17.2 Å². The van der Waals surface area contributed by atoms with Gasteiger partial charge in [0.05, 0.1) is 12.1 Å². The van der Waals surface area contributed by atoms with Crippen molar-refractivity contribution in [1.82, 2.24) is 10.3 Å². The smallest absolute Gasteiger partial charge is 0.226 e. The Morgan fingerprint density at radius 2 is 2.11 bits per heavy atom. The van der Waals surface area contributed by atoms with Gasteiger partial charge >= 0.3 is 0 Å². The first-order valence-electron chi connectivity index (χ1n) is 6.20. The maximum absolute atomic E-state index is 11.7. The Balaban J connectivity index is 1.73. The van der Waals surface area contributed by atoms with Crippen molar-refractivity contribution in [3.63, 3.8) is 0 Å². The fraction of sp³-hybridized carbons (Fsp3) is 0.286. The Kier molecular flexibility index (Phi) is 4.92. The van der Waals surface area contributed by atoms with Crippen LogP contribution in [0.25, 0.3) is 0 Å².